The fourth-order valence-corrected chi connectivity index (χ4v) is 3.97. The monoisotopic (exact) mass is 234 g/mol. The summed E-state index contributed by atoms with van der Waals surface area (Å²) in [4.78, 5) is 0. The molecule has 0 aliphatic heterocycles. The van der Waals surface area contributed by atoms with Crippen LogP contribution >= 0.6 is 0 Å². The lowest BCUT2D eigenvalue weighted by Gasteiger charge is -2.25. The van der Waals surface area contributed by atoms with Crippen LogP contribution in [0.15, 0.2) is 0 Å². The molecule has 1 saturated carbocycles. The molecule has 1 rings (SSSR count). The van der Waals surface area contributed by atoms with Crippen molar-refractivity contribution in [2.24, 2.45) is 5.41 Å². The first-order valence-corrected chi connectivity index (χ1v) is 7.67. The molecular weight excluding hydrogens is 212 g/mol. The van der Waals surface area contributed by atoms with Crippen LogP contribution in [-0.2, 0) is 9.84 Å². The first-order chi connectivity index (χ1) is 7.04. The molecule has 0 aromatic rings. The summed E-state index contributed by atoms with van der Waals surface area (Å²) in [5.74, 6) is 0.538. The first kappa shape index (κ1) is 13.0. The van der Waals surface area contributed by atoms with Gasteiger partial charge in [0.05, 0.1) is 5.75 Å². The van der Waals surface area contributed by atoms with Gasteiger partial charge < -0.3 is 5.11 Å². The lowest BCUT2D eigenvalue weighted by atomic mass is 9.84. The molecule has 4 heteroatoms. The Morgan fingerprint density at radius 1 is 1.20 bits per heavy atom. The summed E-state index contributed by atoms with van der Waals surface area (Å²) in [6.45, 7) is 2.03. The minimum absolute atomic E-state index is 0.0825. The van der Waals surface area contributed by atoms with E-state index in [1.54, 1.807) is 0 Å². The number of hydrogen-bond donors (Lipinski definition) is 1. The summed E-state index contributed by atoms with van der Waals surface area (Å²) in [6, 6.07) is 0. The van der Waals surface area contributed by atoms with E-state index >= 15 is 0 Å². The van der Waals surface area contributed by atoms with Crippen molar-refractivity contribution >= 4 is 9.84 Å². The van der Waals surface area contributed by atoms with Gasteiger partial charge in [-0.2, -0.15) is 0 Å². The van der Waals surface area contributed by atoms with Crippen LogP contribution in [0.3, 0.4) is 0 Å². The predicted octanol–water partition coefficient (Wildman–Crippen LogP) is 1.75. The van der Waals surface area contributed by atoms with Crippen LogP contribution in [0.2, 0.25) is 0 Å². The highest BCUT2D eigenvalue weighted by Crippen LogP contribution is 2.40. The molecule has 0 aromatic heterocycles. The fraction of sp³-hybridized carbons (Fsp3) is 1.00. The van der Waals surface area contributed by atoms with E-state index in [2.05, 4.69) is 0 Å². The first-order valence-electron chi connectivity index (χ1n) is 5.85. The van der Waals surface area contributed by atoms with Gasteiger partial charge in [0, 0.05) is 12.4 Å². The third-order valence-electron chi connectivity index (χ3n) is 3.46. The summed E-state index contributed by atoms with van der Waals surface area (Å²) in [7, 11) is -2.88. The van der Waals surface area contributed by atoms with Crippen LogP contribution in [0.25, 0.3) is 0 Å². The maximum absolute atomic E-state index is 11.6. The molecule has 0 amide bonds. The summed E-state index contributed by atoms with van der Waals surface area (Å²) >= 11 is 0. The van der Waals surface area contributed by atoms with Gasteiger partial charge in [0.25, 0.3) is 0 Å². The predicted molar refractivity (Wildman–Crippen MR) is 61.5 cm³/mol. The highest BCUT2D eigenvalue weighted by atomic mass is 32.2. The van der Waals surface area contributed by atoms with E-state index in [9.17, 15) is 13.5 Å². The Hall–Kier alpha value is -0.0900. The average Bonchev–Trinajstić information content (AvgIpc) is 2.64. The van der Waals surface area contributed by atoms with Gasteiger partial charge in [-0.3, -0.25) is 0 Å². The second kappa shape index (κ2) is 5.30. The van der Waals surface area contributed by atoms with E-state index in [0.29, 0.717) is 12.8 Å². The largest absolute Gasteiger partial charge is 0.396 e. The molecule has 1 aliphatic carbocycles. The summed E-state index contributed by atoms with van der Waals surface area (Å²) < 4.78 is 23.1. The second-order valence-electron chi connectivity index (χ2n) is 4.77. The SMILES string of the molecule is CCCS(=O)(=O)CCC1(CO)CCCC1. The fourth-order valence-electron chi connectivity index (χ4n) is 2.40. The van der Waals surface area contributed by atoms with Crippen LogP contribution in [0, 0.1) is 5.41 Å². The van der Waals surface area contributed by atoms with Crippen LogP contribution in [0.4, 0.5) is 0 Å². The van der Waals surface area contributed by atoms with E-state index in [0.717, 1.165) is 25.7 Å². The van der Waals surface area contributed by atoms with E-state index in [1.807, 2.05) is 6.92 Å². The van der Waals surface area contributed by atoms with Gasteiger partial charge >= 0.3 is 0 Å². The number of rotatable bonds is 6. The Morgan fingerprint density at radius 3 is 2.27 bits per heavy atom. The molecular formula is C11H22O3S. The molecule has 90 valence electrons. The number of aliphatic hydroxyl groups is 1. The molecule has 0 bridgehead atoms. The Kier molecular flexibility index (Phi) is 4.59. The molecule has 1 aliphatic rings. The highest BCUT2D eigenvalue weighted by molar-refractivity contribution is 7.91. The van der Waals surface area contributed by atoms with E-state index < -0.39 is 9.84 Å². The van der Waals surface area contributed by atoms with Gasteiger partial charge in [-0.25, -0.2) is 8.42 Å². The number of hydrogen-bond acceptors (Lipinski definition) is 3. The minimum atomic E-state index is -2.88. The standard InChI is InChI=1S/C11H22O3S/c1-2-8-15(13,14)9-7-11(10-12)5-3-4-6-11/h12H,2-10H2,1H3. The molecule has 3 nitrogen and oxygen atoms in total. The average molecular weight is 234 g/mol. The summed E-state index contributed by atoms with van der Waals surface area (Å²) in [5, 5.41) is 9.35. The zero-order valence-electron chi connectivity index (χ0n) is 9.54. The van der Waals surface area contributed by atoms with Gasteiger partial charge in [0.15, 0.2) is 0 Å². The van der Waals surface area contributed by atoms with Gasteiger partial charge in [0.2, 0.25) is 0 Å². The van der Waals surface area contributed by atoms with E-state index in [4.69, 9.17) is 0 Å². The molecule has 1 N–H and O–H groups in total. The topological polar surface area (TPSA) is 54.4 Å². The molecule has 0 spiro atoms. The number of aliphatic hydroxyl groups excluding tert-OH is 1. The minimum Gasteiger partial charge on any atom is -0.396 e. The zero-order valence-corrected chi connectivity index (χ0v) is 10.4. The van der Waals surface area contributed by atoms with Gasteiger partial charge in [-0.1, -0.05) is 19.8 Å². The van der Waals surface area contributed by atoms with Crippen molar-refractivity contribution in [2.75, 3.05) is 18.1 Å². The van der Waals surface area contributed by atoms with Crippen molar-refractivity contribution in [1.82, 2.24) is 0 Å². The van der Waals surface area contributed by atoms with E-state index in [1.165, 1.54) is 0 Å². The zero-order chi connectivity index (χ0) is 11.4. The maximum atomic E-state index is 11.6. The lowest BCUT2D eigenvalue weighted by Crippen LogP contribution is -2.25. The molecule has 0 atom stereocenters. The van der Waals surface area contributed by atoms with Crippen molar-refractivity contribution in [3.05, 3.63) is 0 Å². The van der Waals surface area contributed by atoms with Crippen molar-refractivity contribution in [3.63, 3.8) is 0 Å². The van der Waals surface area contributed by atoms with Crippen LogP contribution < -0.4 is 0 Å². The van der Waals surface area contributed by atoms with E-state index in [-0.39, 0.29) is 23.5 Å². The van der Waals surface area contributed by atoms with Crippen LogP contribution in [-0.4, -0.2) is 31.6 Å². The Bertz CT molecular complexity index is 276. The van der Waals surface area contributed by atoms with Gasteiger partial charge in [-0.15, -0.1) is 0 Å². The lowest BCUT2D eigenvalue weighted by molar-refractivity contribution is 0.127. The van der Waals surface area contributed by atoms with Gasteiger partial charge in [-0.05, 0) is 31.1 Å². The molecule has 0 saturated heterocycles. The second-order valence-corrected chi connectivity index (χ2v) is 7.07. The molecule has 0 radical (unpaired) electrons. The van der Waals surface area contributed by atoms with Crippen LogP contribution in [0.1, 0.15) is 45.4 Å². The van der Waals surface area contributed by atoms with Gasteiger partial charge in [0.1, 0.15) is 9.84 Å². The number of sulfone groups is 1. The quantitative estimate of drug-likeness (QED) is 0.762. The van der Waals surface area contributed by atoms with Crippen molar-refractivity contribution < 1.29 is 13.5 Å². The van der Waals surface area contributed by atoms with Crippen molar-refractivity contribution in [3.8, 4) is 0 Å². The molecule has 0 unspecified atom stereocenters. The normalized spacial score (nSPS) is 20.7. The molecule has 0 heterocycles. The smallest absolute Gasteiger partial charge is 0.150 e. The Labute approximate surface area is 92.8 Å². The maximum Gasteiger partial charge on any atom is 0.150 e. The third kappa shape index (κ3) is 3.76. The summed E-state index contributed by atoms with van der Waals surface area (Å²) in [5.41, 5.74) is -0.0825. The third-order valence-corrected chi connectivity index (χ3v) is 5.31. The molecule has 15 heavy (non-hydrogen) atoms. The molecule has 1 fully saturated rings. The summed E-state index contributed by atoms with van der Waals surface area (Å²) in [6.07, 6.45) is 5.58. The Morgan fingerprint density at radius 2 is 1.80 bits per heavy atom. The Balaban J connectivity index is 2.47. The van der Waals surface area contributed by atoms with Crippen molar-refractivity contribution in [1.29, 1.82) is 0 Å². The molecule has 0 aromatic carbocycles. The van der Waals surface area contributed by atoms with Crippen LogP contribution in [0.5, 0.6) is 0 Å². The highest BCUT2D eigenvalue weighted by Gasteiger charge is 2.33. The van der Waals surface area contributed by atoms with Crippen molar-refractivity contribution in [2.45, 2.75) is 45.4 Å².